The first-order valence-corrected chi connectivity index (χ1v) is 13.6. The minimum Gasteiger partial charge on any atom is -0.355 e. The number of carbonyl (C=O) groups excluding carboxylic acids is 2. The third kappa shape index (κ3) is 7.50. The number of rotatable bonds is 9. The number of likely N-dealkylation sites (N-methyl/N-ethyl adjacent to an activating group) is 1. The lowest BCUT2D eigenvalue weighted by Gasteiger charge is -2.13. The van der Waals surface area contributed by atoms with Gasteiger partial charge in [-0.1, -0.05) is 40.2 Å². The van der Waals surface area contributed by atoms with Crippen LogP contribution in [0.15, 0.2) is 53.0 Å². The SMILES string of the molecule is Cc1nn(Cc2ccc(CC(=O)NCCN(C)C)cc2)c(C)c1NC(=O)c1cc(C(F)(F)F)nc2ccc(Br)cc12. The molecule has 2 heterocycles. The van der Waals surface area contributed by atoms with Gasteiger partial charge in [0.15, 0.2) is 0 Å². The number of benzene rings is 2. The molecule has 0 fully saturated rings. The Morgan fingerprint density at radius 1 is 1.02 bits per heavy atom. The predicted octanol–water partition coefficient (Wildman–Crippen LogP) is 5.35. The van der Waals surface area contributed by atoms with Crippen LogP contribution in [0.5, 0.6) is 0 Å². The monoisotopic (exact) mass is 630 g/mol. The van der Waals surface area contributed by atoms with Crippen molar-refractivity contribution >= 4 is 44.3 Å². The minimum absolute atomic E-state index is 0.0461. The molecule has 2 aromatic heterocycles. The van der Waals surface area contributed by atoms with Crippen molar-refractivity contribution in [3.63, 3.8) is 0 Å². The summed E-state index contributed by atoms with van der Waals surface area (Å²) < 4.78 is 42.9. The van der Waals surface area contributed by atoms with Crippen molar-refractivity contribution in [2.75, 3.05) is 32.5 Å². The summed E-state index contributed by atoms with van der Waals surface area (Å²) in [6.45, 7) is 5.26. The maximum absolute atomic E-state index is 13.5. The lowest BCUT2D eigenvalue weighted by molar-refractivity contribution is -0.141. The molecule has 4 rings (SSSR count). The van der Waals surface area contributed by atoms with Gasteiger partial charge in [0.05, 0.1) is 41.1 Å². The molecule has 8 nitrogen and oxygen atoms in total. The molecule has 0 atom stereocenters. The van der Waals surface area contributed by atoms with Gasteiger partial charge in [-0.15, -0.1) is 0 Å². The van der Waals surface area contributed by atoms with E-state index in [0.717, 1.165) is 23.7 Å². The summed E-state index contributed by atoms with van der Waals surface area (Å²) in [6.07, 6.45) is -4.43. The number of nitrogens with one attached hydrogen (secondary N) is 2. The van der Waals surface area contributed by atoms with E-state index in [1.54, 1.807) is 30.7 Å². The third-order valence-corrected chi connectivity index (χ3v) is 7.02. The number of hydrogen-bond acceptors (Lipinski definition) is 5. The third-order valence-electron chi connectivity index (χ3n) is 6.53. The number of pyridine rings is 1. The molecule has 0 radical (unpaired) electrons. The molecule has 216 valence electrons. The fourth-order valence-corrected chi connectivity index (χ4v) is 4.71. The maximum atomic E-state index is 13.5. The van der Waals surface area contributed by atoms with Gasteiger partial charge in [-0.25, -0.2) is 4.98 Å². The molecule has 0 saturated carbocycles. The second-order valence-electron chi connectivity index (χ2n) is 10.0. The Balaban J connectivity index is 1.50. The summed E-state index contributed by atoms with van der Waals surface area (Å²) in [5, 5.41) is 10.5. The molecular weight excluding hydrogens is 601 g/mol. The number of aryl methyl sites for hydroxylation is 1. The summed E-state index contributed by atoms with van der Waals surface area (Å²) in [6, 6.07) is 12.9. The minimum atomic E-state index is -4.71. The predicted molar refractivity (Wildman–Crippen MR) is 155 cm³/mol. The Bertz CT molecular complexity index is 1580. The van der Waals surface area contributed by atoms with Crippen molar-refractivity contribution in [2.24, 2.45) is 0 Å². The molecule has 0 unspecified atom stereocenters. The normalized spacial score (nSPS) is 11.7. The zero-order valence-electron chi connectivity index (χ0n) is 23.1. The molecule has 2 N–H and O–H groups in total. The van der Waals surface area contributed by atoms with Gasteiger partial charge in [0.1, 0.15) is 5.69 Å². The quantitative estimate of drug-likeness (QED) is 0.260. The summed E-state index contributed by atoms with van der Waals surface area (Å²) in [5.41, 5.74) is 2.19. The van der Waals surface area contributed by atoms with Gasteiger partial charge in [-0.2, -0.15) is 18.3 Å². The van der Waals surface area contributed by atoms with E-state index in [1.807, 2.05) is 43.3 Å². The maximum Gasteiger partial charge on any atom is 0.433 e. The number of halogens is 4. The molecule has 4 aromatic rings. The van der Waals surface area contributed by atoms with Gasteiger partial charge in [-0.05, 0) is 63.3 Å². The largest absolute Gasteiger partial charge is 0.433 e. The van der Waals surface area contributed by atoms with Crippen molar-refractivity contribution in [2.45, 2.75) is 33.0 Å². The van der Waals surface area contributed by atoms with E-state index in [9.17, 15) is 22.8 Å². The molecule has 0 spiro atoms. The lowest BCUT2D eigenvalue weighted by atomic mass is 10.1. The number of anilines is 1. The van der Waals surface area contributed by atoms with Crippen LogP contribution >= 0.6 is 15.9 Å². The van der Waals surface area contributed by atoms with Gasteiger partial charge in [0, 0.05) is 22.9 Å². The standard InChI is InChI=1S/C29H30BrF3N6O2/c1-17-27(36-28(41)23-15-25(29(31,32)33)35-24-10-9-21(30)14-22(23)24)18(2)39(37-17)16-20-7-5-19(6-8-20)13-26(40)34-11-12-38(3)4/h5-10,14-15H,11-13,16H2,1-4H3,(H,34,40)(H,36,41). The molecule has 0 bridgehead atoms. The van der Waals surface area contributed by atoms with E-state index in [-0.39, 0.29) is 23.4 Å². The Hall–Kier alpha value is -3.77. The highest BCUT2D eigenvalue weighted by molar-refractivity contribution is 9.10. The van der Waals surface area contributed by atoms with Crippen LogP contribution in [0.1, 0.15) is 38.6 Å². The van der Waals surface area contributed by atoms with Crippen LogP contribution in [0.2, 0.25) is 0 Å². The summed E-state index contributed by atoms with van der Waals surface area (Å²) >= 11 is 3.31. The first-order valence-electron chi connectivity index (χ1n) is 12.8. The molecule has 0 aliphatic rings. The van der Waals surface area contributed by atoms with E-state index < -0.39 is 17.8 Å². The fraction of sp³-hybridized carbons (Fsp3) is 0.310. The van der Waals surface area contributed by atoms with Crippen LogP contribution < -0.4 is 10.6 Å². The first kappa shape index (κ1) is 30.2. The fourth-order valence-electron chi connectivity index (χ4n) is 4.35. The highest BCUT2D eigenvalue weighted by atomic mass is 79.9. The second kappa shape index (κ2) is 12.4. The summed E-state index contributed by atoms with van der Waals surface area (Å²) in [7, 11) is 3.89. The van der Waals surface area contributed by atoms with Gasteiger partial charge in [0.25, 0.3) is 5.91 Å². The zero-order valence-corrected chi connectivity index (χ0v) is 24.7. The number of nitrogens with zero attached hydrogens (tertiary/aromatic N) is 4. The first-order chi connectivity index (χ1) is 19.3. The van der Waals surface area contributed by atoms with Crippen molar-refractivity contribution < 1.29 is 22.8 Å². The average Bonchev–Trinajstić information content (AvgIpc) is 3.15. The van der Waals surface area contributed by atoms with Crippen molar-refractivity contribution in [1.82, 2.24) is 25.0 Å². The topological polar surface area (TPSA) is 92.2 Å². The number of hydrogen-bond donors (Lipinski definition) is 2. The zero-order chi connectivity index (χ0) is 29.9. The van der Waals surface area contributed by atoms with Crippen LogP contribution in [-0.2, 0) is 23.9 Å². The molecule has 41 heavy (non-hydrogen) atoms. The highest BCUT2D eigenvalue weighted by Crippen LogP contribution is 2.32. The molecule has 0 saturated heterocycles. The number of aromatic nitrogens is 3. The smallest absolute Gasteiger partial charge is 0.355 e. The molecule has 2 aromatic carbocycles. The number of alkyl halides is 3. The van der Waals surface area contributed by atoms with Crippen LogP contribution in [-0.4, -0.2) is 58.7 Å². The number of amides is 2. The lowest BCUT2D eigenvalue weighted by Crippen LogP contribution is -2.32. The molecule has 2 amide bonds. The van der Waals surface area contributed by atoms with Gasteiger partial charge >= 0.3 is 6.18 Å². The Morgan fingerprint density at radius 3 is 2.37 bits per heavy atom. The van der Waals surface area contributed by atoms with E-state index in [4.69, 9.17) is 0 Å². The van der Waals surface area contributed by atoms with Crippen LogP contribution in [0, 0.1) is 13.8 Å². The average molecular weight is 631 g/mol. The second-order valence-corrected chi connectivity index (χ2v) is 10.9. The van der Waals surface area contributed by atoms with E-state index in [1.165, 1.54) is 6.07 Å². The Kier molecular flexibility index (Phi) is 9.13. The Labute approximate surface area is 244 Å². The molecule has 0 aliphatic carbocycles. The van der Waals surface area contributed by atoms with Gasteiger partial charge in [0.2, 0.25) is 5.91 Å². The molecule has 0 aliphatic heterocycles. The van der Waals surface area contributed by atoms with E-state index in [2.05, 4.69) is 36.6 Å². The summed E-state index contributed by atoms with van der Waals surface area (Å²) in [4.78, 5) is 31.2. The Morgan fingerprint density at radius 2 is 1.71 bits per heavy atom. The molecule has 12 heteroatoms. The van der Waals surface area contributed by atoms with Crippen molar-refractivity contribution in [3.8, 4) is 0 Å². The number of fused-ring (bicyclic) bond motifs is 1. The van der Waals surface area contributed by atoms with E-state index >= 15 is 0 Å². The van der Waals surface area contributed by atoms with Crippen LogP contribution in [0.25, 0.3) is 10.9 Å². The van der Waals surface area contributed by atoms with Crippen molar-refractivity contribution in [3.05, 3.63) is 86.8 Å². The van der Waals surface area contributed by atoms with Crippen LogP contribution in [0.4, 0.5) is 18.9 Å². The van der Waals surface area contributed by atoms with Gasteiger partial charge in [-0.3, -0.25) is 14.3 Å². The van der Waals surface area contributed by atoms with Crippen molar-refractivity contribution in [1.29, 1.82) is 0 Å². The highest BCUT2D eigenvalue weighted by Gasteiger charge is 2.34. The molecular formula is C29H30BrF3N6O2. The summed E-state index contributed by atoms with van der Waals surface area (Å²) in [5.74, 6) is -0.741. The number of carbonyl (C=O) groups is 2. The van der Waals surface area contributed by atoms with Crippen LogP contribution in [0.3, 0.4) is 0 Å². The van der Waals surface area contributed by atoms with Gasteiger partial charge < -0.3 is 15.5 Å². The van der Waals surface area contributed by atoms with E-state index in [0.29, 0.717) is 40.0 Å².